The predicted octanol–water partition coefficient (Wildman–Crippen LogP) is 2.90. The van der Waals surface area contributed by atoms with Crippen molar-refractivity contribution in [3.8, 4) is 11.5 Å². The Morgan fingerprint density at radius 3 is 2.53 bits per heavy atom. The first-order valence-corrected chi connectivity index (χ1v) is 8.54. The van der Waals surface area contributed by atoms with E-state index in [0.29, 0.717) is 11.3 Å². The van der Waals surface area contributed by atoms with Crippen molar-refractivity contribution in [3.63, 3.8) is 0 Å². The maximum Gasteiger partial charge on any atom is 0.344 e. The molecule has 2 aromatic rings. The first-order valence-electron chi connectivity index (χ1n) is 8.54. The van der Waals surface area contributed by atoms with Crippen molar-refractivity contribution < 1.29 is 28.9 Å². The fourth-order valence-corrected chi connectivity index (χ4v) is 2.28. The first-order chi connectivity index (χ1) is 14.3. The van der Waals surface area contributed by atoms with Gasteiger partial charge in [-0.2, -0.15) is 5.10 Å². The van der Waals surface area contributed by atoms with Gasteiger partial charge in [-0.25, -0.2) is 4.79 Å². The molecule has 0 bridgehead atoms. The van der Waals surface area contributed by atoms with Gasteiger partial charge in [0.2, 0.25) is 0 Å². The number of ether oxygens (including phenoxy) is 3. The lowest BCUT2D eigenvalue weighted by Crippen LogP contribution is -2.15. The van der Waals surface area contributed by atoms with E-state index < -0.39 is 27.2 Å². The lowest BCUT2D eigenvalue weighted by atomic mass is 10.2. The molecule has 12 heteroatoms. The molecule has 0 aliphatic carbocycles. The fraction of sp³-hybridized carbons (Fsp3) is 0.222. The number of anilines is 1. The van der Waals surface area contributed by atoms with Gasteiger partial charge in [0.05, 0.1) is 35.8 Å². The van der Waals surface area contributed by atoms with Crippen LogP contribution in [0, 0.1) is 20.2 Å². The minimum absolute atomic E-state index is 0.0193. The molecule has 0 aliphatic rings. The monoisotopic (exact) mass is 418 g/mol. The lowest BCUT2D eigenvalue weighted by Gasteiger charge is -2.10. The Kier molecular flexibility index (Phi) is 7.62. The summed E-state index contributed by atoms with van der Waals surface area (Å²) in [7, 11) is 1.44. The molecule has 0 unspecified atom stereocenters. The van der Waals surface area contributed by atoms with Crippen LogP contribution in [-0.2, 0) is 9.53 Å². The number of carbonyl (C=O) groups is 1. The van der Waals surface area contributed by atoms with E-state index in [-0.39, 0.29) is 24.7 Å². The molecular weight excluding hydrogens is 400 g/mol. The summed E-state index contributed by atoms with van der Waals surface area (Å²) in [5.41, 5.74) is 2.10. The Labute approximate surface area is 170 Å². The summed E-state index contributed by atoms with van der Waals surface area (Å²) >= 11 is 0. The third-order valence-electron chi connectivity index (χ3n) is 3.63. The van der Waals surface area contributed by atoms with E-state index in [4.69, 9.17) is 14.2 Å². The lowest BCUT2D eigenvalue weighted by molar-refractivity contribution is -0.393. The van der Waals surface area contributed by atoms with Crippen LogP contribution in [0.15, 0.2) is 41.5 Å². The Hall–Kier alpha value is -4.22. The van der Waals surface area contributed by atoms with E-state index in [9.17, 15) is 25.0 Å². The number of nitrogens with one attached hydrogen (secondary N) is 1. The van der Waals surface area contributed by atoms with E-state index in [0.717, 1.165) is 12.1 Å². The summed E-state index contributed by atoms with van der Waals surface area (Å²) in [5, 5.41) is 25.8. The SMILES string of the molecule is CCOC(=O)COc1cc(/C=N/Nc2ccc([N+](=O)[O-])cc2[N+](=O)[O-])ccc1OC. The summed E-state index contributed by atoms with van der Waals surface area (Å²) in [5.74, 6) is 0.122. The van der Waals surface area contributed by atoms with Gasteiger partial charge in [-0.15, -0.1) is 0 Å². The number of nitro groups is 2. The second-order valence-electron chi connectivity index (χ2n) is 5.59. The topological polar surface area (TPSA) is 155 Å². The molecule has 0 fully saturated rings. The maximum absolute atomic E-state index is 11.5. The molecule has 0 radical (unpaired) electrons. The minimum atomic E-state index is -0.750. The molecule has 0 atom stereocenters. The Bertz CT molecular complexity index is 977. The standard InChI is InChI=1S/C18H18N4O8/c1-3-29-18(23)11-30-17-8-12(4-7-16(17)28-2)10-19-20-14-6-5-13(21(24)25)9-15(14)22(26)27/h4-10,20H,3,11H2,1-2H3/b19-10+. The molecular formula is C18H18N4O8. The van der Waals surface area contributed by atoms with Crippen LogP contribution in [0.3, 0.4) is 0 Å². The van der Waals surface area contributed by atoms with Crippen LogP contribution in [0.25, 0.3) is 0 Å². The van der Waals surface area contributed by atoms with Gasteiger partial charge in [0.1, 0.15) is 5.69 Å². The molecule has 0 saturated heterocycles. The molecule has 0 aliphatic heterocycles. The zero-order valence-electron chi connectivity index (χ0n) is 16.1. The van der Waals surface area contributed by atoms with Crippen LogP contribution in [0.5, 0.6) is 11.5 Å². The zero-order valence-corrected chi connectivity index (χ0v) is 16.1. The smallest absolute Gasteiger partial charge is 0.344 e. The maximum atomic E-state index is 11.5. The van der Waals surface area contributed by atoms with Crippen molar-refractivity contribution >= 4 is 29.2 Å². The number of benzene rings is 2. The summed E-state index contributed by atoms with van der Waals surface area (Å²) in [4.78, 5) is 31.9. The van der Waals surface area contributed by atoms with E-state index in [1.54, 1.807) is 25.1 Å². The summed E-state index contributed by atoms with van der Waals surface area (Å²) in [6, 6.07) is 7.94. The Balaban J connectivity index is 2.16. The normalized spacial score (nSPS) is 10.5. The summed E-state index contributed by atoms with van der Waals surface area (Å²) in [6.07, 6.45) is 1.35. The highest BCUT2D eigenvalue weighted by Gasteiger charge is 2.19. The Morgan fingerprint density at radius 1 is 1.13 bits per heavy atom. The highest BCUT2D eigenvalue weighted by Crippen LogP contribution is 2.29. The fourth-order valence-electron chi connectivity index (χ4n) is 2.28. The van der Waals surface area contributed by atoms with Gasteiger partial charge in [0.25, 0.3) is 5.69 Å². The Morgan fingerprint density at radius 2 is 1.90 bits per heavy atom. The van der Waals surface area contributed by atoms with Crippen LogP contribution in [0.1, 0.15) is 12.5 Å². The van der Waals surface area contributed by atoms with Gasteiger partial charge in [-0.1, -0.05) is 0 Å². The van der Waals surface area contributed by atoms with Crippen LogP contribution in [0.2, 0.25) is 0 Å². The van der Waals surface area contributed by atoms with E-state index in [1.165, 1.54) is 19.4 Å². The van der Waals surface area contributed by atoms with Crippen LogP contribution in [0.4, 0.5) is 17.1 Å². The van der Waals surface area contributed by atoms with E-state index >= 15 is 0 Å². The van der Waals surface area contributed by atoms with Crippen LogP contribution < -0.4 is 14.9 Å². The number of hydrogen-bond donors (Lipinski definition) is 1. The summed E-state index contributed by atoms with van der Waals surface area (Å²) < 4.78 is 15.4. The number of carbonyl (C=O) groups excluding carboxylic acids is 1. The first kappa shape index (κ1) is 22.1. The van der Waals surface area contributed by atoms with Crippen molar-refractivity contribution in [1.29, 1.82) is 0 Å². The number of methoxy groups -OCH3 is 1. The highest BCUT2D eigenvalue weighted by molar-refractivity contribution is 5.82. The van der Waals surface area contributed by atoms with Crippen molar-refractivity contribution in [2.75, 3.05) is 25.7 Å². The van der Waals surface area contributed by atoms with Gasteiger partial charge in [-0.05, 0) is 36.8 Å². The number of esters is 1. The minimum Gasteiger partial charge on any atom is -0.493 e. The van der Waals surface area contributed by atoms with E-state index in [1.807, 2.05) is 0 Å². The number of nitro benzene ring substituents is 2. The molecule has 30 heavy (non-hydrogen) atoms. The second-order valence-corrected chi connectivity index (χ2v) is 5.59. The van der Waals surface area contributed by atoms with Crippen LogP contribution >= 0.6 is 0 Å². The molecule has 0 spiro atoms. The second kappa shape index (κ2) is 10.4. The number of hydrazone groups is 1. The molecule has 0 amide bonds. The number of nitrogens with zero attached hydrogens (tertiary/aromatic N) is 3. The zero-order chi connectivity index (χ0) is 22.1. The molecule has 0 saturated carbocycles. The van der Waals surface area contributed by atoms with Crippen LogP contribution in [-0.4, -0.2) is 42.4 Å². The summed E-state index contributed by atoms with van der Waals surface area (Å²) in [6.45, 7) is 1.60. The highest BCUT2D eigenvalue weighted by atomic mass is 16.6. The van der Waals surface area contributed by atoms with Gasteiger partial charge in [0.15, 0.2) is 18.1 Å². The van der Waals surface area contributed by atoms with E-state index in [2.05, 4.69) is 10.5 Å². The average molecular weight is 418 g/mol. The van der Waals surface area contributed by atoms with Gasteiger partial charge in [0, 0.05) is 6.07 Å². The van der Waals surface area contributed by atoms with Gasteiger partial charge >= 0.3 is 11.7 Å². The molecule has 2 rings (SSSR count). The number of rotatable bonds is 10. The third-order valence-corrected chi connectivity index (χ3v) is 3.63. The molecule has 0 heterocycles. The molecule has 12 nitrogen and oxygen atoms in total. The molecule has 0 aromatic heterocycles. The van der Waals surface area contributed by atoms with Gasteiger partial charge < -0.3 is 14.2 Å². The average Bonchev–Trinajstić information content (AvgIpc) is 2.72. The molecule has 158 valence electrons. The quantitative estimate of drug-likeness (QED) is 0.265. The largest absolute Gasteiger partial charge is 0.493 e. The van der Waals surface area contributed by atoms with Gasteiger partial charge in [-0.3, -0.25) is 25.7 Å². The number of non-ortho nitro benzene ring substituents is 1. The predicted molar refractivity (Wildman–Crippen MR) is 106 cm³/mol. The molecule has 1 N–H and O–H groups in total. The van der Waals surface area contributed by atoms with Crippen molar-refractivity contribution in [3.05, 3.63) is 62.2 Å². The van der Waals surface area contributed by atoms with Crippen molar-refractivity contribution in [2.24, 2.45) is 5.10 Å². The van der Waals surface area contributed by atoms with Crippen molar-refractivity contribution in [2.45, 2.75) is 6.92 Å². The van der Waals surface area contributed by atoms with Crippen molar-refractivity contribution in [1.82, 2.24) is 0 Å². The number of hydrogen-bond acceptors (Lipinski definition) is 10. The third kappa shape index (κ3) is 5.89. The molecule has 2 aromatic carbocycles.